The Morgan fingerprint density at radius 2 is 1.94 bits per heavy atom. The Labute approximate surface area is 191 Å². The summed E-state index contributed by atoms with van der Waals surface area (Å²) in [7, 11) is 0. The minimum absolute atomic E-state index is 0.0548. The number of ether oxygens (including phenoxy) is 1. The second-order valence-electron chi connectivity index (χ2n) is 7.25. The predicted octanol–water partition coefficient (Wildman–Crippen LogP) is 2.02. The smallest absolute Gasteiger partial charge is 0.293 e. The molecule has 0 radical (unpaired) electrons. The van der Waals surface area contributed by atoms with Crippen LogP contribution in [0.1, 0.15) is 55.4 Å². The van der Waals surface area contributed by atoms with Gasteiger partial charge in [-0.1, -0.05) is 19.1 Å². The fourth-order valence-corrected chi connectivity index (χ4v) is 3.28. The van der Waals surface area contributed by atoms with Crippen LogP contribution in [0.3, 0.4) is 0 Å². The second kappa shape index (κ2) is 11.7. The van der Waals surface area contributed by atoms with Crippen LogP contribution in [0.15, 0.2) is 34.0 Å². The number of nitrogens with one attached hydrogen (secondary N) is 1. The number of anilines is 1. The van der Waals surface area contributed by atoms with Gasteiger partial charge in [0.2, 0.25) is 11.6 Å². The number of aromatic nitrogens is 5. The third kappa shape index (κ3) is 6.13. The molecular formula is C21H29N9O3. The van der Waals surface area contributed by atoms with Crippen molar-refractivity contribution < 1.29 is 14.2 Å². The van der Waals surface area contributed by atoms with E-state index in [2.05, 4.69) is 49.9 Å². The van der Waals surface area contributed by atoms with Crippen LogP contribution in [0.25, 0.3) is 5.82 Å². The number of benzene rings is 1. The Morgan fingerprint density at radius 1 is 1.21 bits per heavy atom. The molecule has 0 spiro atoms. The molecule has 0 aliphatic heterocycles. The molecule has 0 aliphatic carbocycles. The Morgan fingerprint density at radius 3 is 2.55 bits per heavy atom. The highest BCUT2D eigenvalue weighted by Crippen LogP contribution is 2.18. The Bertz CT molecular complexity index is 1050. The quantitative estimate of drug-likeness (QED) is 0.309. The van der Waals surface area contributed by atoms with Crippen LogP contribution in [-0.4, -0.2) is 62.0 Å². The monoisotopic (exact) mass is 455 g/mol. The zero-order valence-electron chi connectivity index (χ0n) is 19.1. The van der Waals surface area contributed by atoms with Crippen molar-refractivity contribution in [3.63, 3.8) is 0 Å². The summed E-state index contributed by atoms with van der Waals surface area (Å²) >= 11 is 0. The van der Waals surface area contributed by atoms with Crippen LogP contribution in [-0.2, 0) is 6.54 Å². The molecule has 2 aromatic heterocycles. The minimum Gasteiger partial charge on any atom is -0.494 e. The van der Waals surface area contributed by atoms with E-state index in [-0.39, 0.29) is 17.3 Å². The number of hydrazone groups is 1. The van der Waals surface area contributed by atoms with Crippen molar-refractivity contribution >= 4 is 17.9 Å². The number of hydrogen-bond acceptors (Lipinski definition) is 10. The van der Waals surface area contributed by atoms with E-state index in [0.29, 0.717) is 18.8 Å². The standard InChI is InChI=1S/C21H29N9O3/c1-4-11-29(12-5-2)14-17-18(24-28-30(17)20-19(22)26-33-27-20)21(31)25-23-13-15-7-9-16(10-8-15)32-6-3/h7-10,13H,4-6,11-12,14H2,1-3H3,(H2,22,26)(H,25,31)/b23-13+. The molecule has 0 bridgehead atoms. The summed E-state index contributed by atoms with van der Waals surface area (Å²) in [5, 5.41) is 19.6. The fourth-order valence-electron chi connectivity index (χ4n) is 3.28. The van der Waals surface area contributed by atoms with Gasteiger partial charge in [-0.15, -0.1) is 5.10 Å². The maximum Gasteiger partial charge on any atom is 0.293 e. The van der Waals surface area contributed by atoms with Crippen molar-refractivity contribution in [3.8, 4) is 11.6 Å². The van der Waals surface area contributed by atoms with E-state index >= 15 is 0 Å². The zero-order chi connectivity index (χ0) is 23.6. The maximum atomic E-state index is 12.9. The van der Waals surface area contributed by atoms with E-state index in [0.717, 1.165) is 37.2 Å². The molecule has 2 heterocycles. The Balaban J connectivity index is 1.81. The number of nitrogen functional groups attached to an aromatic ring is 1. The molecule has 1 amide bonds. The molecule has 0 saturated heterocycles. The number of nitrogens with zero attached hydrogens (tertiary/aromatic N) is 7. The van der Waals surface area contributed by atoms with Gasteiger partial charge >= 0.3 is 0 Å². The van der Waals surface area contributed by atoms with E-state index in [9.17, 15) is 4.79 Å². The molecule has 0 fully saturated rings. The number of carbonyl (C=O) groups excluding carboxylic acids is 1. The van der Waals surface area contributed by atoms with Crippen molar-refractivity contribution in [3.05, 3.63) is 41.2 Å². The molecule has 176 valence electrons. The third-order valence-corrected chi connectivity index (χ3v) is 4.70. The van der Waals surface area contributed by atoms with Gasteiger partial charge in [-0.2, -0.15) is 9.78 Å². The van der Waals surface area contributed by atoms with Gasteiger partial charge in [0.25, 0.3) is 5.91 Å². The number of rotatable bonds is 12. The van der Waals surface area contributed by atoms with Crippen LogP contribution in [0.5, 0.6) is 5.75 Å². The summed E-state index contributed by atoms with van der Waals surface area (Å²) in [5.74, 6) is 0.508. The summed E-state index contributed by atoms with van der Waals surface area (Å²) in [4.78, 5) is 15.1. The summed E-state index contributed by atoms with van der Waals surface area (Å²) in [6.45, 7) is 8.84. The largest absolute Gasteiger partial charge is 0.494 e. The summed E-state index contributed by atoms with van der Waals surface area (Å²) in [6.07, 6.45) is 3.46. The summed E-state index contributed by atoms with van der Waals surface area (Å²) in [5.41, 5.74) is 9.81. The number of nitrogens with two attached hydrogens (primary N) is 1. The fraction of sp³-hybridized carbons (Fsp3) is 0.429. The molecule has 3 aromatic rings. The molecule has 33 heavy (non-hydrogen) atoms. The van der Waals surface area contributed by atoms with Crippen LogP contribution < -0.4 is 15.9 Å². The zero-order valence-corrected chi connectivity index (χ0v) is 19.1. The molecule has 12 nitrogen and oxygen atoms in total. The van der Waals surface area contributed by atoms with Gasteiger partial charge in [-0.25, -0.2) is 10.1 Å². The lowest BCUT2D eigenvalue weighted by molar-refractivity contribution is 0.0947. The van der Waals surface area contributed by atoms with Gasteiger partial charge in [0, 0.05) is 6.54 Å². The first-order chi connectivity index (χ1) is 16.1. The molecule has 0 atom stereocenters. The highest BCUT2D eigenvalue weighted by atomic mass is 16.6. The molecule has 0 unspecified atom stereocenters. The molecule has 0 saturated carbocycles. The first-order valence-corrected chi connectivity index (χ1v) is 10.9. The minimum atomic E-state index is -0.499. The molecule has 3 rings (SSSR count). The van der Waals surface area contributed by atoms with Gasteiger partial charge in [0.05, 0.1) is 18.5 Å². The van der Waals surface area contributed by atoms with Crippen molar-refractivity contribution in [1.82, 2.24) is 35.6 Å². The van der Waals surface area contributed by atoms with E-state index in [4.69, 9.17) is 15.1 Å². The van der Waals surface area contributed by atoms with Crippen LogP contribution in [0, 0.1) is 0 Å². The van der Waals surface area contributed by atoms with Crippen LogP contribution in [0.4, 0.5) is 5.82 Å². The van der Waals surface area contributed by atoms with Gasteiger partial charge in [-0.3, -0.25) is 9.69 Å². The molecule has 0 aliphatic rings. The van der Waals surface area contributed by atoms with Crippen molar-refractivity contribution in [1.29, 1.82) is 0 Å². The van der Waals surface area contributed by atoms with Crippen LogP contribution >= 0.6 is 0 Å². The Kier molecular flexibility index (Phi) is 8.47. The summed E-state index contributed by atoms with van der Waals surface area (Å²) < 4.78 is 11.5. The lowest BCUT2D eigenvalue weighted by Gasteiger charge is -2.21. The molecular weight excluding hydrogens is 426 g/mol. The molecule has 3 N–H and O–H groups in total. The normalized spacial score (nSPS) is 11.4. The van der Waals surface area contributed by atoms with Gasteiger partial charge in [0.15, 0.2) is 5.69 Å². The summed E-state index contributed by atoms with van der Waals surface area (Å²) in [6, 6.07) is 7.36. The van der Waals surface area contributed by atoms with E-state index in [1.807, 2.05) is 31.2 Å². The SMILES string of the molecule is CCCN(CCC)Cc1c(C(=O)N/N=C/c2ccc(OCC)cc2)nnn1-c1nonc1N. The van der Waals surface area contributed by atoms with Gasteiger partial charge in [-0.05, 0) is 73.0 Å². The number of hydrogen-bond donors (Lipinski definition) is 2. The number of carbonyl (C=O) groups is 1. The average Bonchev–Trinajstić information content (AvgIpc) is 3.41. The lowest BCUT2D eigenvalue weighted by atomic mass is 10.2. The van der Waals surface area contributed by atoms with E-state index in [1.54, 1.807) is 0 Å². The second-order valence-corrected chi connectivity index (χ2v) is 7.25. The highest BCUT2D eigenvalue weighted by molar-refractivity contribution is 5.94. The van der Waals surface area contributed by atoms with Gasteiger partial charge in [0.1, 0.15) is 5.75 Å². The van der Waals surface area contributed by atoms with Crippen LogP contribution in [0.2, 0.25) is 0 Å². The molecule has 1 aromatic carbocycles. The highest BCUT2D eigenvalue weighted by Gasteiger charge is 2.25. The maximum absolute atomic E-state index is 12.9. The van der Waals surface area contributed by atoms with Crippen molar-refractivity contribution in [2.45, 2.75) is 40.2 Å². The first-order valence-electron chi connectivity index (χ1n) is 10.9. The number of amides is 1. The Hall–Kier alpha value is -3.80. The predicted molar refractivity (Wildman–Crippen MR) is 122 cm³/mol. The topological polar surface area (TPSA) is 150 Å². The average molecular weight is 456 g/mol. The van der Waals surface area contributed by atoms with Crippen molar-refractivity contribution in [2.24, 2.45) is 5.10 Å². The first kappa shape index (κ1) is 23.9. The van der Waals surface area contributed by atoms with Crippen molar-refractivity contribution in [2.75, 3.05) is 25.4 Å². The molecule has 12 heteroatoms. The van der Waals surface area contributed by atoms with Gasteiger partial charge < -0.3 is 10.5 Å². The third-order valence-electron chi connectivity index (χ3n) is 4.70. The van der Waals surface area contributed by atoms with E-state index < -0.39 is 5.91 Å². The lowest BCUT2D eigenvalue weighted by Crippen LogP contribution is -2.28. The van der Waals surface area contributed by atoms with E-state index in [1.165, 1.54) is 10.9 Å².